The standard InChI is InChI=1S/C22H32FN5O4/c1-5-8-11-28-20(24)19(21(30)25-22(28)31)27(7-3)18(29)14-26(6-2)13-15-9-10-17(32-4)16(23)12-15/h9-10,12H,5-8,11,13-14,24H2,1-4H3,(H,25,30,31). The van der Waals surface area contributed by atoms with Gasteiger partial charge in [0, 0.05) is 19.6 Å². The van der Waals surface area contributed by atoms with E-state index in [-0.39, 0.29) is 36.3 Å². The first kappa shape index (κ1) is 25.1. The zero-order valence-electron chi connectivity index (χ0n) is 19.1. The molecular formula is C22H32FN5O4. The summed E-state index contributed by atoms with van der Waals surface area (Å²) in [5.74, 6) is -0.696. The minimum absolute atomic E-state index is 0.00897. The van der Waals surface area contributed by atoms with Crippen LogP contribution in [-0.2, 0) is 17.9 Å². The van der Waals surface area contributed by atoms with Gasteiger partial charge in [-0.15, -0.1) is 0 Å². The molecule has 0 aliphatic rings. The Morgan fingerprint density at radius 3 is 2.50 bits per heavy atom. The normalized spacial score (nSPS) is 11.1. The molecule has 0 radical (unpaired) electrons. The van der Waals surface area contributed by atoms with E-state index in [1.807, 2.05) is 18.7 Å². The summed E-state index contributed by atoms with van der Waals surface area (Å²) in [6.07, 6.45) is 1.55. The quantitative estimate of drug-likeness (QED) is 0.542. The van der Waals surface area contributed by atoms with Gasteiger partial charge in [-0.2, -0.15) is 0 Å². The van der Waals surface area contributed by atoms with Crippen LogP contribution in [0.1, 0.15) is 39.2 Å². The number of nitrogens with two attached hydrogens (primary N) is 1. The van der Waals surface area contributed by atoms with Crippen molar-refractivity contribution in [3.05, 3.63) is 50.4 Å². The molecule has 0 aliphatic carbocycles. The summed E-state index contributed by atoms with van der Waals surface area (Å²) in [5, 5.41) is 0. The lowest BCUT2D eigenvalue weighted by molar-refractivity contribution is -0.119. The third-order valence-electron chi connectivity index (χ3n) is 5.27. The molecule has 176 valence electrons. The average molecular weight is 450 g/mol. The van der Waals surface area contributed by atoms with Gasteiger partial charge in [0.1, 0.15) is 5.82 Å². The predicted octanol–water partition coefficient (Wildman–Crippen LogP) is 1.94. The molecule has 0 unspecified atom stereocenters. The van der Waals surface area contributed by atoms with Crippen LogP contribution in [0.25, 0.3) is 0 Å². The lowest BCUT2D eigenvalue weighted by atomic mass is 10.2. The van der Waals surface area contributed by atoms with Crippen molar-refractivity contribution in [2.24, 2.45) is 0 Å². The maximum atomic E-state index is 14.0. The van der Waals surface area contributed by atoms with Crippen molar-refractivity contribution in [2.45, 2.75) is 46.7 Å². The Balaban J connectivity index is 2.27. The minimum atomic E-state index is -0.698. The highest BCUT2D eigenvalue weighted by atomic mass is 19.1. The predicted molar refractivity (Wildman–Crippen MR) is 123 cm³/mol. The van der Waals surface area contributed by atoms with Gasteiger partial charge in [-0.25, -0.2) is 9.18 Å². The second-order valence-corrected chi connectivity index (χ2v) is 7.41. The summed E-state index contributed by atoms with van der Waals surface area (Å²) in [4.78, 5) is 43.2. The molecule has 32 heavy (non-hydrogen) atoms. The second-order valence-electron chi connectivity index (χ2n) is 7.41. The van der Waals surface area contributed by atoms with Gasteiger partial charge in [0.2, 0.25) is 5.91 Å². The van der Waals surface area contributed by atoms with E-state index >= 15 is 0 Å². The number of rotatable bonds is 11. The zero-order chi connectivity index (χ0) is 23.8. The van der Waals surface area contributed by atoms with Crippen LogP contribution in [-0.4, -0.2) is 47.1 Å². The number of unbranched alkanes of at least 4 members (excludes halogenated alkanes) is 1. The van der Waals surface area contributed by atoms with Crippen molar-refractivity contribution in [1.29, 1.82) is 0 Å². The highest BCUT2D eigenvalue weighted by molar-refractivity contribution is 5.96. The topological polar surface area (TPSA) is 114 Å². The molecular weight excluding hydrogens is 417 g/mol. The molecule has 0 bridgehead atoms. The highest BCUT2D eigenvalue weighted by Gasteiger charge is 2.24. The summed E-state index contributed by atoms with van der Waals surface area (Å²) in [6, 6.07) is 4.65. The first-order valence-corrected chi connectivity index (χ1v) is 10.7. The van der Waals surface area contributed by atoms with Crippen LogP contribution < -0.4 is 26.6 Å². The summed E-state index contributed by atoms with van der Waals surface area (Å²) >= 11 is 0. The van der Waals surface area contributed by atoms with E-state index in [1.165, 1.54) is 22.6 Å². The highest BCUT2D eigenvalue weighted by Crippen LogP contribution is 2.20. The van der Waals surface area contributed by atoms with E-state index in [0.29, 0.717) is 31.6 Å². The maximum Gasteiger partial charge on any atom is 0.330 e. The van der Waals surface area contributed by atoms with Gasteiger partial charge >= 0.3 is 5.69 Å². The molecule has 2 rings (SSSR count). The van der Waals surface area contributed by atoms with E-state index in [2.05, 4.69) is 4.98 Å². The van der Waals surface area contributed by atoms with Gasteiger partial charge in [0.05, 0.1) is 13.7 Å². The number of likely N-dealkylation sites (N-methyl/N-ethyl adjacent to an activating group) is 2. The van der Waals surface area contributed by atoms with Gasteiger partial charge in [-0.1, -0.05) is 26.3 Å². The first-order chi connectivity index (χ1) is 15.3. The number of nitrogens with one attached hydrogen (secondary N) is 1. The average Bonchev–Trinajstić information content (AvgIpc) is 2.75. The minimum Gasteiger partial charge on any atom is -0.494 e. The van der Waals surface area contributed by atoms with Crippen LogP contribution in [0.5, 0.6) is 5.75 Å². The molecule has 0 aliphatic heterocycles. The Morgan fingerprint density at radius 1 is 1.22 bits per heavy atom. The Labute approximate surface area is 186 Å². The van der Waals surface area contributed by atoms with E-state index in [9.17, 15) is 18.8 Å². The number of hydrogen-bond acceptors (Lipinski definition) is 6. The number of nitrogens with zero attached hydrogens (tertiary/aromatic N) is 3. The molecule has 2 aromatic rings. The molecule has 10 heteroatoms. The van der Waals surface area contributed by atoms with Crippen LogP contribution in [0.3, 0.4) is 0 Å². The number of aromatic nitrogens is 2. The van der Waals surface area contributed by atoms with Gasteiger partial charge in [-0.3, -0.25) is 24.0 Å². The number of carbonyl (C=O) groups excluding carboxylic acids is 1. The number of carbonyl (C=O) groups is 1. The van der Waals surface area contributed by atoms with Gasteiger partial charge < -0.3 is 15.4 Å². The molecule has 1 amide bonds. The number of hydrogen-bond donors (Lipinski definition) is 2. The SMILES string of the molecule is CCCCn1c(N)c(N(CC)C(=O)CN(CC)Cc2ccc(OC)c(F)c2)c(=O)[nH]c1=O. The second kappa shape index (κ2) is 11.5. The zero-order valence-corrected chi connectivity index (χ0v) is 19.1. The lowest BCUT2D eigenvalue weighted by Gasteiger charge is -2.27. The fraction of sp³-hybridized carbons (Fsp3) is 0.500. The molecule has 0 saturated carbocycles. The number of methoxy groups -OCH3 is 1. The fourth-order valence-corrected chi connectivity index (χ4v) is 3.46. The van der Waals surface area contributed by atoms with Crippen molar-refractivity contribution in [1.82, 2.24) is 14.5 Å². The van der Waals surface area contributed by atoms with E-state index in [4.69, 9.17) is 10.5 Å². The van der Waals surface area contributed by atoms with Gasteiger partial charge in [0.25, 0.3) is 5.56 Å². The Bertz CT molecular complexity index is 1050. The number of ether oxygens (including phenoxy) is 1. The molecule has 0 fully saturated rings. The fourth-order valence-electron chi connectivity index (χ4n) is 3.46. The number of amides is 1. The molecule has 0 atom stereocenters. The van der Waals surface area contributed by atoms with Gasteiger partial charge in [0.15, 0.2) is 17.3 Å². The van der Waals surface area contributed by atoms with Crippen molar-refractivity contribution in [3.63, 3.8) is 0 Å². The van der Waals surface area contributed by atoms with Crippen molar-refractivity contribution >= 4 is 17.4 Å². The first-order valence-electron chi connectivity index (χ1n) is 10.7. The third-order valence-corrected chi connectivity index (χ3v) is 5.27. The molecule has 1 aromatic heterocycles. The van der Waals surface area contributed by atoms with E-state index < -0.39 is 17.1 Å². The van der Waals surface area contributed by atoms with Crippen molar-refractivity contribution < 1.29 is 13.9 Å². The number of H-pyrrole nitrogens is 1. The summed E-state index contributed by atoms with van der Waals surface area (Å²) in [6.45, 7) is 6.99. The van der Waals surface area contributed by atoms with Gasteiger partial charge in [-0.05, 0) is 37.6 Å². The van der Waals surface area contributed by atoms with E-state index in [0.717, 1.165) is 6.42 Å². The molecule has 1 heterocycles. The monoisotopic (exact) mass is 449 g/mol. The molecule has 3 N–H and O–H groups in total. The number of aromatic amines is 1. The lowest BCUT2D eigenvalue weighted by Crippen LogP contribution is -2.45. The molecule has 1 aromatic carbocycles. The van der Waals surface area contributed by atoms with Crippen LogP contribution in [0.4, 0.5) is 15.9 Å². The summed E-state index contributed by atoms with van der Waals surface area (Å²) < 4.78 is 20.2. The summed E-state index contributed by atoms with van der Waals surface area (Å²) in [5.41, 5.74) is 5.52. The number of benzene rings is 1. The van der Waals surface area contributed by atoms with E-state index in [1.54, 1.807) is 19.1 Å². The van der Waals surface area contributed by atoms with Crippen LogP contribution in [0.15, 0.2) is 27.8 Å². The van der Waals surface area contributed by atoms with Crippen LogP contribution in [0, 0.1) is 5.82 Å². The number of anilines is 2. The number of nitrogen functional groups attached to an aromatic ring is 1. The molecule has 9 nitrogen and oxygen atoms in total. The smallest absolute Gasteiger partial charge is 0.330 e. The van der Waals surface area contributed by atoms with Crippen molar-refractivity contribution in [3.8, 4) is 5.75 Å². The maximum absolute atomic E-state index is 14.0. The number of halogens is 1. The molecule has 0 spiro atoms. The Morgan fingerprint density at radius 2 is 1.94 bits per heavy atom. The third kappa shape index (κ3) is 5.76. The van der Waals surface area contributed by atoms with Crippen LogP contribution in [0.2, 0.25) is 0 Å². The molecule has 0 saturated heterocycles. The Kier molecular flexibility index (Phi) is 9.01. The van der Waals surface area contributed by atoms with Crippen LogP contribution >= 0.6 is 0 Å². The summed E-state index contributed by atoms with van der Waals surface area (Å²) in [7, 11) is 1.40. The Hall–Kier alpha value is -3.14. The van der Waals surface area contributed by atoms with Crippen molar-refractivity contribution in [2.75, 3.05) is 37.4 Å². The largest absolute Gasteiger partial charge is 0.494 e.